The number of Topliss-reactive ketones (excluding diaryl/α,β-unsaturated/α-hetero) is 1. The number of ketones is 1. The van der Waals surface area contributed by atoms with E-state index in [2.05, 4.69) is 0 Å². The van der Waals surface area contributed by atoms with Gasteiger partial charge in [-0.1, -0.05) is 24.3 Å². The minimum absolute atomic E-state index is 0.0489. The van der Waals surface area contributed by atoms with Crippen LogP contribution in [0.15, 0.2) is 71.6 Å². The van der Waals surface area contributed by atoms with Gasteiger partial charge in [0.1, 0.15) is 17.3 Å². The zero-order valence-corrected chi connectivity index (χ0v) is 17.6. The molecular weight excluding hydrogens is 414 g/mol. The Bertz CT molecular complexity index is 1140. The largest absolute Gasteiger partial charge is 0.508 e. The van der Waals surface area contributed by atoms with Gasteiger partial charge in [-0.05, 0) is 48.7 Å². The Morgan fingerprint density at radius 2 is 1.81 bits per heavy atom. The van der Waals surface area contributed by atoms with Crippen molar-refractivity contribution in [2.24, 2.45) is 0 Å². The Labute approximate surface area is 183 Å². The molecule has 2 N–H and O–H groups in total. The Balaban J connectivity index is 1.84. The Kier molecular flexibility index (Phi) is 5.77. The first-order valence-electron chi connectivity index (χ1n) is 9.83. The summed E-state index contributed by atoms with van der Waals surface area (Å²) in [7, 11) is 0. The first kappa shape index (κ1) is 20.7. The number of amides is 1. The smallest absolute Gasteiger partial charge is 0.295 e. The van der Waals surface area contributed by atoms with Gasteiger partial charge < -0.3 is 19.8 Å². The van der Waals surface area contributed by atoms with E-state index in [1.165, 1.54) is 22.3 Å². The van der Waals surface area contributed by atoms with E-state index in [4.69, 9.17) is 4.74 Å². The fraction of sp³-hybridized carbons (Fsp3) is 0.167. The van der Waals surface area contributed by atoms with Crippen LogP contribution < -0.4 is 4.74 Å². The number of aliphatic hydroxyl groups is 1. The van der Waals surface area contributed by atoms with Gasteiger partial charge in [-0.3, -0.25) is 9.59 Å². The van der Waals surface area contributed by atoms with E-state index in [0.717, 1.165) is 4.88 Å². The number of aromatic hydroxyl groups is 1. The van der Waals surface area contributed by atoms with Crippen molar-refractivity contribution in [3.63, 3.8) is 0 Å². The predicted octanol–water partition coefficient (Wildman–Crippen LogP) is 4.47. The molecule has 4 rings (SSSR count). The van der Waals surface area contributed by atoms with Crippen LogP contribution in [0.3, 0.4) is 0 Å². The van der Waals surface area contributed by atoms with Crippen LogP contribution in [-0.4, -0.2) is 33.4 Å². The summed E-state index contributed by atoms with van der Waals surface area (Å²) in [6.07, 6.45) is 0. The summed E-state index contributed by atoms with van der Waals surface area (Å²) in [6, 6.07) is 16.0. The molecule has 1 amide bonds. The van der Waals surface area contributed by atoms with Crippen molar-refractivity contribution in [1.29, 1.82) is 0 Å². The second kappa shape index (κ2) is 8.65. The second-order valence-corrected chi connectivity index (χ2v) is 8.05. The highest BCUT2D eigenvalue weighted by atomic mass is 32.1. The normalized spacial score (nSPS) is 17.8. The molecule has 7 heteroatoms. The SMILES string of the molecule is CCOc1ccc(/C(O)=C2\C(=O)C(=O)N(Cc3cccs3)C2c2ccccc2O)cc1. The molecule has 0 bridgehead atoms. The summed E-state index contributed by atoms with van der Waals surface area (Å²) in [5.41, 5.74) is 0.718. The number of ether oxygens (including phenoxy) is 1. The van der Waals surface area contributed by atoms with Gasteiger partial charge in [0.2, 0.25) is 0 Å². The summed E-state index contributed by atoms with van der Waals surface area (Å²) in [4.78, 5) is 28.2. The number of hydrogen-bond donors (Lipinski definition) is 2. The Morgan fingerprint density at radius 1 is 1.06 bits per heavy atom. The molecule has 0 saturated carbocycles. The maximum absolute atomic E-state index is 13.0. The van der Waals surface area contributed by atoms with Gasteiger partial charge in [0.15, 0.2) is 0 Å². The van der Waals surface area contributed by atoms with Crippen LogP contribution >= 0.6 is 11.3 Å². The Morgan fingerprint density at radius 3 is 2.45 bits per heavy atom. The second-order valence-electron chi connectivity index (χ2n) is 7.02. The van der Waals surface area contributed by atoms with Crippen LogP contribution in [0, 0.1) is 0 Å². The van der Waals surface area contributed by atoms with Crippen molar-refractivity contribution < 1.29 is 24.5 Å². The molecule has 0 aliphatic carbocycles. The van der Waals surface area contributed by atoms with Crippen molar-refractivity contribution in [3.05, 3.63) is 87.6 Å². The van der Waals surface area contributed by atoms with E-state index in [1.54, 1.807) is 42.5 Å². The third-order valence-corrected chi connectivity index (χ3v) is 5.98. The van der Waals surface area contributed by atoms with Crippen LogP contribution in [0.4, 0.5) is 0 Å². The molecule has 6 nitrogen and oxygen atoms in total. The Hall–Kier alpha value is -3.58. The third-order valence-electron chi connectivity index (χ3n) is 5.12. The van der Waals surface area contributed by atoms with Crippen LogP contribution in [-0.2, 0) is 16.1 Å². The van der Waals surface area contributed by atoms with Gasteiger partial charge in [0, 0.05) is 16.0 Å². The van der Waals surface area contributed by atoms with Crippen molar-refractivity contribution >= 4 is 28.8 Å². The van der Waals surface area contributed by atoms with Crippen molar-refractivity contribution in [1.82, 2.24) is 4.90 Å². The van der Waals surface area contributed by atoms with Crippen molar-refractivity contribution in [2.45, 2.75) is 19.5 Å². The molecule has 1 fully saturated rings. The molecule has 158 valence electrons. The van der Waals surface area contributed by atoms with Crippen LogP contribution in [0.1, 0.15) is 29.0 Å². The summed E-state index contributed by atoms with van der Waals surface area (Å²) >= 11 is 1.47. The molecule has 0 radical (unpaired) electrons. The van der Waals surface area contributed by atoms with Crippen LogP contribution in [0.5, 0.6) is 11.5 Å². The van der Waals surface area contributed by atoms with Crippen LogP contribution in [0.2, 0.25) is 0 Å². The minimum Gasteiger partial charge on any atom is -0.508 e. The molecule has 3 aromatic rings. The predicted molar refractivity (Wildman–Crippen MR) is 118 cm³/mol. The molecule has 1 aliphatic rings. The maximum Gasteiger partial charge on any atom is 0.295 e. The zero-order valence-electron chi connectivity index (χ0n) is 16.8. The average molecular weight is 436 g/mol. The summed E-state index contributed by atoms with van der Waals surface area (Å²) in [5.74, 6) is -1.20. The lowest BCUT2D eigenvalue weighted by Gasteiger charge is -2.25. The number of nitrogens with zero attached hydrogens (tertiary/aromatic N) is 1. The van der Waals surface area contributed by atoms with Crippen molar-refractivity contribution in [3.8, 4) is 11.5 Å². The number of carbonyl (C=O) groups is 2. The molecule has 0 spiro atoms. The van der Waals surface area contributed by atoms with E-state index >= 15 is 0 Å². The van der Waals surface area contributed by atoms with E-state index in [0.29, 0.717) is 23.5 Å². The lowest BCUT2D eigenvalue weighted by Crippen LogP contribution is -2.28. The molecule has 1 aromatic heterocycles. The van der Waals surface area contributed by atoms with Gasteiger partial charge in [-0.15, -0.1) is 11.3 Å². The first-order chi connectivity index (χ1) is 15.0. The third kappa shape index (κ3) is 3.92. The molecule has 31 heavy (non-hydrogen) atoms. The number of carbonyl (C=O) groups excluding carboxylic acids is 2. The van der Waals surface area contributed by atoms with Gasteiger partial charge in [0.05, 0.1) is 24.8 Å². The number of para-hydroxylation sites is 1. The van der Waals surface area contributed by atoms with Gasteiger partial charge in [-0.2, -0.15) is 0 Å². The average Bonchev–Trinajstić information content (AvgIpc) is 3.37. The first-order valence-corrected chi connectivity index (χ1v) is 10.7. The molecule has 1 saturated heterocycles. The number of benzene rings is 2. The zero-order chi connectivity index (χ0) is 22.0. The highest BCUT2D eigenvalue weighted by Gasteiger charge is 2.47. The highest BCUT2D eigenvalue weighted by molar-refractivity contribution is 7.09. The molecule has 2 aromatic carbocycles. The highest BCUT2D eigenvalue weighted by Crippen LogP contribution is 2.43. The molecule has 1 aliphatic heterocycles. The van der Waals surface area contributed by atoms with E-state index in [-0.39, 0.29) is 23.6 Å². The number of phenolic OH excluding ortho intramolecular Hbond substituents is 1. The molecular formula is C24H21NO5S. The number of aliphatic hydroxyl groups excluding tert-OH is 1. The van der Waals surface area contributed by atoms with E-state index < -0.39 is 17.7 Å². The quantitative estimate of drug-likeness (QED) is 0.339. The number of likely N-dealkylation sites (tertiary alicyclic amines) is 1. The van der Waals surface area contributed by atoms with Crippen molar-refractivity contribution in [2.75, 3.05) is 6.61 Å². The summed E-state index contributed by atoms with van der Waals surface area (Å²) in [6.45, 7) is 2.57. The lowest BCUT2D eigenvalue weighted by atomic mass is 9.94. The topological polar surface area (TPSA) is 87.1 Å². The van der Waals surface area contributed by atoms with Gasteiger partial charge >= 0.3 is 0 Å². The standard InChI is InChI=1S/C24H21NO5S/c1-2-30-16-11-9-15(10-12-16)22(27)20-21(18-7-3-4-8-19(18)26)25(24(29)23(20)28)14-17-6-5-13-31-17/h3-13,21,26-27H,2,14H2,1H3/b22-20+. The lowest BCUT2D eigenvalue weighted by molar-refractivity contribution is -0.140. The fourth-order valence-electron chi connectivity index (χ4n) is 3.69. The number of thiophene rings is 1. The maximum atomic E-state index is 13.0. The number of rotatable bonds is 6. The summed E-state index contributed by atoms with van der Waals surface area (Å²) in [5, 5.41) is 23.4. The fourth-order valence-corrected chi connectivity index (χ4v) is 4.39. The molecule has 1 unspecified atom stereocenters. The summed E-state index contributed by atoms with van der Waals surface area (Å²) < 4.78 is 5.43. The van der Waals surface area contributed by atoms with E-state index in [1.807, 2.05) is 24.4 Å². The monoisotopic (exact) mass is 435 g/mol. The minimum atomic E-state index is -0.908. The van der Waals surface area contributed by atoms with E-state index in [9.17, 15) is 19.8 Å². The van der Waals surface area contributed by atoms with Crippen LogP contribution in [0.25, 0.3) is 5.76 Å². The number of phenols is 1. The number of hydrogen-bond acceptors (Lipinski definition) is 6. The molecule has 2 heterocycles. The van der Waals surface area contributed by atoms with Gasteiger partial charge in [0.25, 0.3) is 11.7 Å². The van der Waals surface area contributed by atoms with Gasteiger partial charge in [-0.25, -0.2) is 0 Å². The molecule has 1 atom stereocenters.